The second-order valence-corrected chi connectivity index (χ2v) is 9.63. The molecule has 1 saturated carbocycles. The lowest BCUT2D eigenvalue weighted by atomic mass is 10.0. The number of hydrogen-bond acceptors (Lipinski definition) is 8. The van der Waals surface area contributed by atoms with Gasteiger partial charge in [0.05, 0.1) is 6.42 Å². The van der Waals surface area contributed by atoms with Gasteiger partial charge in [-0.25, -0.2) is 0 Å². The molecule has 2 fully saturated rings. The van der Waals surface area contributed by atoms with Crippen LogP contribution in [0.2, 0.25) is 0 Å². The molecular formula is C25H33N5O8. The number of esters is 1. The van der Waals surface area contributed by atoms with Gasteiger partial charge < -0.3 is 31.1 Å². The van der Waals surface area contributed by atoms with Crippen LogP contribution in [0.5, 0.6) is 0 Å². The number of aromatic nitrogens is 1. The van der Waals surface area contributed by atoms with E-state index in [2.05, 4.69) is 26.3 Å². The van der Waals surface area contributed by atoms with Crippen molar-refractivity contribution in [2.75, 3.05) is 6.54 Å². The fraction of sp³-hybridized carbons (Fsp3) is 0.560. The number of nitrogens with zero attached hydrogens (tertiary/aromatic N) is 1. The van der Waals surface area contributed by atoms with E-state index in [9.17, 15) is 28.8 Å². The first-order valence-electron chi connectivity index (χ1n) is 12.6. The number of carbonyl (C=O) groups excluding carboxylic acids is 5. The van der Waals surface area contributed by atoms with Crippen LogP contribution >= 0.6 is 0 Å². The van der Waals surface area contributed by atoms with Crippen LogP contribution in [0.15, 0.2) is 24.5 Å². The summed E-state index contributed by atoms with van der Waals surface area (Å²) < 4.78 is 5.42. The molecule has 1 aliphatic carbocycles. The number of aliphatic carboxylic acids is 1. The number of carboxylic acid groups (broad SMARTS) is 1. The first-order valence-corrected chi connectivity index (χ1v) is 12.6. The van der Waals surface area contributed by atoms with Crippen LogP contribution in [0.25, 0.3) is 0 Å². The second kappa shape index (κ2) is 13.0. The molecule has 3 atom stereocenters. The number of carboxylic acids is 1. The number of ether oxygens (including phenoxy) is 1. The lowest BCUT2D eigenvalue weighted by Gasteiger charge is -2.25. The Labute approximate surface area is 219 Å². The molecule has 206 valence electrons. The number of unbranched alkanes of at least 4 members (excludes halogenated alkanes) is 1. The zero-order valence-electron chi connectivity index (χ0n) is 21.2. The van der Waals surface area contributed by atoms with E-state index in [1.165, 1.54) is 6.92 Å². The van der Waals surface area contributed by atoms with Crippen LogP contribution < -0.4 is 21.3 Å². The van der Waals surface area contributed by atoms with Crippen molar-refractivity contribution in [2.24, 2.45) is 0 Å². The Morgan fingerprint density at radius 3 is 2.55 bits per heavy atom. The molecule has 1 aromatic heterocycles. The minimum atomic E-state index is -1.16. The average Bonchev–Trinajstić information content (AvgIpc) is 3.65. The Kier molecular flexibility index (Phi) is 9.74. The molecule has 1 spiro atoms. The van der Waals surface area contributed by atoms with Gasteiger partial charge >= 0.3 is 11.9 Å². The van der Waals surface area contributed by atoms with Crippen molar-refractivity contribution in [3.8, 4) is 0 Å². The lowest BCUT2D eigenvalue weighted by Crippen LogP contribution is -2.57. The van der Waals surface area contributed by atoms with Gasteiger partial charge in [-0.05, 0) is 50.7 Å². The number of carbonyl (C=O) groups is 6. The average molecular weight is 532 g/mol. The summed E-state index contributed by atoms with van der Waals surface area (Å²) >= 11 is 0. The summed E-state index contributed by atoms with van der Waals surface area (Å²) in [5.74, 6) is -4.04. The van der Waals surface area contributed by atoms with Crippen LogP contribution in [-0.4, -0.2) is 75.9 Å². The number of rotatable bonds is 7. The first-order chi connectivity index (χ1) is 18.1. The summed E-state index contributed by atoms with van der Waals surface area (Å²) in [6.45, 7) is 1.01. The molecular weight excluding hydrogens is 498 g/mol. The van der Waals surface area contributed by atoms with E-state index < -0.39 is 65.8 Å². The smallest absolute Gasteiger partial charge is 0.325 e. The summed E-state index contributed by atoms with van der Waals surface area (Å²) in [5.41, 5.74) is -0.489. The zero-order valence-corrected chi connectivity index (χ0v) is 21.2. The van der Waals surface area contributed by atoms with Crippen molar-refractivity contribution in [1.82, 2.24) is 26.3 Å². The maximum Gasteiger partial charge on any atom is 0.325 e. The molecule has 2 aliphatic rings. The van der Waals surface area contributed by atoms with Crippen LogP contribution in [0.3, 0.4) is 0 Å². The van der Waals surface area contributed by atoms with Crippen molar-refractivity contribution in [3.05, 3.63) is 30.1 Å². The van der Waals surface area contributed by atoms with Crippen molar-refractivity contribution in [1.29, 1.82) is 0 Å². The summed E-state index contributed by atoms with van der Waals surface area (Å²) in [6.07, 6.45) is 3.68. The third-order valence-electron chi connectivity index (χ3n) is 6.38. The number of nitrogens with one attached hydrogen (secondary N) is 4. The van der Waals surface area contributed by atoms with E-state index in [1.54, 1.807) is 24.5 Å². The van der Waals surface area contributed by atoms with Gasteiger partial charge in [0, 0.05) is 25.2 Å². The summed E-state index contributed by atoms with van der Waals surface area (Å²) in [5, 5.41) is 19.2. The third-order valence-corrected chi connectivity index (χ3v) is 6.38. The standard InChI is InChI=1S/C25H33N5O8/c1-15-22(35)30-25(8-9-25)24(37)27-14-21(34)38-17(6-2-3-7-20(32)33)12-19(31)29-18(23(36)28-15)11-16-5-4-10-26-13-16/h4-5,10,13,15,17-18H,2-3,6-9,11-12,14H2,1H3,(H,27,37)(H,28,36)(H,29,31)(H,30,35)(H,32,33)/t15-,17-,18-/m1/s1. The van der Waals surface area contributed by atoms with Gasteiger partial charge in [-0.2, -0.15) is 0 Å². The van der Waals surface area contributed by atoms with Gasteiger partial charge in [0.15, 0.2) is 0 Å². The number of amides is 4. The van der Waals surface area contributed by atoms with E-state index in [0.29, 0.717) is 31.2 Å². The minimum Gasteiger partial charge on any atom is -0.481 e. The number of pyridine rings is 1. The molecule has 1 saturated heterocycles. The van der Waals surface area contributed by atoms with Crippen molar-refractivity contribution >= 4 is 35.6 Å². The highest BCUT2D eigenvalue weighted by Crippen LogP contribution is 2.35. The van der Waals surface area contributed by atoms with Gasteiger partial charge in [0.25, 0.3) is 0 Å². The third kappa shape index (κ3) is 8.53. The van der Waals surface area contributed by atoms with Gasteiger partial charge in [-0.15, -0.1) is 0 Å². The molecule has 0 aromatic carbocycles. The van der Waals surface area contributed by atoms with E-state index in [-0.39, 0.29) is 25.7 Å². The normalized spacial score (nSPS) is 24.4. The highest BCUT2D eigenvalue weighted by atomic mass is 16.5. The van der Waals surface area contributed by atoms with Gasteiger partial charge in [0.1, 0.15) is 30.3 Å². The Morgan fingerprint density at radius 2 is 1.89 bits per heavy atom. The molecule has 13 nitrogen and oxygen atoms in total. The quantitative estimate of drug-likeness (QED) is 0.224. The molecule has 1 aliphatic heterocycles. The van der Waals surface area contributed by atoms with E-state index in [1.807, 2.05) is 0 Å². The second-order valence-electron chi connectivity index (χ2n) is 9.63. The first kappa shape index (κ1) is 28.5. The largest absolute Gasteiger partial charge is 0.481 e. The highest BCUT2D eigenvalue weighted by Gasteiger charge is 2.51. The van der Waals surface area contributed by atoms with Crippen molar-refractivity contribution in [2.45, 2.75) is 82.0 Å². The summed E-state index contributed by atoms with van der Waals surface area (Å²) in [6, 6.07) is 1.37. The predicted octanol–water partition coefficient (Wildman–Crippen LogP) is -0.661. The van der Waals surface area contributed by atoms with E-state index in [0.717, 1.165) is 0 Å². The predicted molar refractivity (Wildman–Crippen MR) is 131 cm³/mol. The molecule has 5 N–H and O–H groups in total. The maximum absolute atomic E-state index is 13.1. The van der Waals surface area contributed by atoms with Crippen LogP contribution in [-0.2, 0) is 39.9 Å². The highest BCUT2D eigenvalue weighted by molar-refractivity contribution is 5.98. The molecule has 38 heavy (non-hydrogen) atoms. The summed E-state index contributed by atoms with van der Waals surface area (Å²) in [7, 11) is 0. The molecule has 0 radical (unpaired) electrons. The van der Waals surface area contributed by atoms with Crippen LogP contribution in [0.1, 0.15) is 57.4 Å². The Hall–Kier alpha value is -4.03. The lowest BCUT2D eigenvalue weighted by molar-refractivity contribution is -0.151. The number of cyclic esters (lactones) is 1. The SMILES string of the molecule is C[C@H]1NC(=O)[C@@H](Cc2cccnc2)NC(=O)C[C@@H](CCCCC(=O)O)OC(=O)CNC(=O)C2(CC2)NC1=O. The Bertz CT molecular complexity index is 1060. The topological polar surface area (TPSA) is 193 Å². The van der Waals surface area contributed by atoms with Crippen molar-refractivity contribution < 1.29 is 38.6 Å². The van der Waals surface area contributed by atoms with Gasteiger partial charge in [-0.3, -0.25) is 33.8 Å². The van der Waals surface area contributed by atoms with Crippen LogP contribution in [0, 0.1) is 0 Å². The minimum absolute atomic E-state index is 0.0672. The monoisotopic (exact) mass is 531 g/mol. The molecule has 3 rings (SSSR count). The Balaban J connectivity index is 1.79. The maximum atomic E-state index is 13.1. The fourth-order valence-corrected chi connectivity index (χ4v) is 4.08. The van der Waals surface area contributed by atoms with Crippen LogP contribution in [0.4, 0.5) is 0 Å². The summed E-state index contributed by atoms with van der Waals surface area (Å²) in [4.78, 5) is 78.7. The molecule has 4 amide bonds. The molecule has 1 aromatic rings. The number of hydrogen-bond donors (Lipinski definition) is 5. The molecule has 13 heteroatoms. The molecule has 0 bridgehead atoms. The van der Waals surface area contributed by atoms with E-state index in [4.69, 9.17) is 9.84 Å². The van der Waals surface area contributed by atoms with Crippen molar-refractivity contribution in [3.63, 3.8) is 0 Å². The van der Waals surface area contributed by atoms with Gasteiger partial charge in [-0.1, -0.05) is 6.07 Å². The molecule has 2 heterocycles. The van der Waals surface area contributed by atoms with Gasteiger partial charge in [0.2, 0.25) is 23.6 Å². The fourth-order valence-electron chi connectivity index (χ4n) is 4.08. The zero-order chi connectivity index (χ0) is 27.7. The van der Waals surface area contributed by atoms with E-state index >= 15 is 0 Å². The Morgan fingerprint density at radius 1 is 1.13 bits per heavy atom. The molecule has 0 unspecified atom stereocenters.